The fourth-order valence-corrected chi connectivity index (χ4v) is 9.76. The number of likely N-dealkylation sites (N-methyl/N-ethyl adjacent to an activating group) is 1. The summed E-state index contributed by atoms with van der Waals surface area (Å²) in [4.78, 5) is 91.3. The molecule has 0 aliphatic carbocycles. The van der Waals surface area contributed by atoms with E-state index in [9.17, 15) is 38.7 Å². The van der Waals surface area contributed by atoms with Crippen LogP contribution >= 0.6 is 0 Å². The first-order valence-corrected chi connectivity index (χ1v) is 26.3. The molecule has 360 valence electrons. The van der Waals surface area contributed by atoms with E-state index in [2.05, 4.69) is 20.8 Å². The number of benzene rings is 1. The first-order chi connectivity index (χ1) is 29.3. The number of nitrogens with zero attached hydrogens (tertiary/aromatic N) is 3. The normalized spacial score (nSPS) is 18.0. The molecule has 0 bridgehead atoms. The van der Waals surface area contributed by atoms with E-state index in [4.69, 9.17) is 9.47 Å². The SMILES string of the molecule is CC(C)[C@H](CC(=O)[C@H](C(C)C)N(C)C(=O)CCC[Si](C)(C)O)C(=O)N(C)C.CC[C@H](C)[C@H](C)[C@@H](CC(=O)N1CCC[C@H]1[C@H](OC)[C@@H](C)C(=O)C[C@@H](Cc1ccccc1)C(=O)O)OC. The van der Waals surface area contributed by atoms with Crippen LogP contribution in [0, 0.1) is 41.4 Å². The first kappa shape index (κ1) is 57.6. The average Bonchev–Trinajstić information content (AvgIpc) is 3.70. The highest BCUT2D eigenvalue weighted by atomic mass is 28.4. The van der Waals surface area contributed by atoms with Gasteiger partial charge in [-0.2, -0.15) is 0 Å². The quantitative estimate of drug-likeness (QED) is 0.0895. The van der Waals surface area contributed by atoms with Crippen LogP contribution in [0.1, 0.15) is 112 Å². The third kappa shape index (κ3) is 18.9. The van der Waals surface area contributed by atoms with E-state index in [-0.39, 0.29) is 77.9 Å². The van der Waals surface area contributed by atoms with E-state index < -0.39 is 38.3 Å². The molecule has 1 fully saturated rings. The van der Waals surface area contributed by atoms with Gasteiger partial charge in [0.05, 0.1) is 36.6 Å². The minimum absolute atomic E-state index is 0.0219. The van der Waals surface area contributed by atoms with E-state index in [1.54, 1.807) is 42.3 Å². The van der Waals surface area contributed by atoms with Crippen molar-refractivity contribution >= 4 is 43.6 Å². The Morgan fingerprint density at radius 1 is 0.857 bits per heavy atom. The van der Waals surface area contributed by atoms with Gasteiger partial charge in [0.2, 0.25) is 17.7 Å². The van der Waals surface area contributed by atoms with E-state index in [0.717, 1.165) is 24.8 Å². The smallest absolute Gasteiger partial charge is 0.307 e. The van der Waals surface area contributed by atoms with Crippen molar-refractivity contribution in [3.05, 3.63) is 35.9 Å². The summed E-state index contributed by atoms with van der Waals surface area (Å²) in [6.45, 7) is 20.3. The molecule has 14 heteroatoms. The molecule has 9 atom stereocenters. The minimum Gasteiger partial charge on any atom is -0.481 e. The highest BCUT2D eigenvalue weighted by Crippen LogP contribution is 2.31. The second kappa shape index (κ2) is 27.8. The van der Waals surface area contributed by atoms with Gasteiger partial charge in [-0.1, -0.05) is 92.1 Å². The summed E-state index contributed by atoms with van der Waals surface area (Å²) in [6, 6.07) is 9.28. The number of ether oxygens (including phenoxy) is 2. The zero-order valence-electron chi connectivity index (χ0n) is 41.5. The van der Waals surface area contributed by atoms with Crippen molar-refractivity contribution in [3.63, 3.8) is 0 Å². The van der Waals surface area contributed by atoms with Crippen LogP contribution in [0.3, 0.4) is 0 Å². The fourth-order valence-electron chi connectivity index (χ4n) is 8.72. The number of hydrogen-bond donors (Lipinski definition) is 2. The Balaban J connectivity index is 0.000000659. The molecule has 3 amide bonds. The van der Waals surface area contributed by atoms with Gasteiger partial charge in [-0.15, -0.1) is 0 Å². The topological polar surface area (TPSA) is 171 Å². The molecule has 0 saturated carbocycles. The molecule has 0 spiro atoms. The van der Waals surface area contributed by atoms with Crippen LogP contribution in [0.4, 0.5) is 0 Å². The van der Waals surface area contributed by atoms with Gasteiger partial charge in [-0.25, -0.2) is 0 Å². The number of carboxylic acid groups (broad SMARTS) is 1. The number of ketones is 2. The van der Waals surface area contributed by atoms with E-state index >= 15 is 0 Å². The standard InChI is InChI=1S/C29H45NO6.C20H40N2O4Si/c1-7-19(2)20(3)26(35-5)18-27(32)30-15-11-14-24(30)28(36-6)21(4)25(31)17-23(29(33)34)16-22-12-9-8-10-13-22;1-14(2)16(20(25)21(5)6)13-17(23)19(15(3)4)22(7)18(24)11-10-12-27(8,9)26/h8-10,12-13,19-21,23-24,26,28H,7,11,14-18H2,1-6H3,(H,33,34);14-16,19,26H,10-13H2,1-9H3/t19-,20-,21-,23+,24-,26+,28+;16-,19-/m00/s1. The Morgan fingerprint density at radius 3 is 1.94 bits per heavy atom. The number of carbonyl (C=O) groups excluding carboxylic acids is 5. The molecule has 1 aliphatic rings. The molecule has 0 aromatic heterocycles. The van der Waals surface area contributed by atoms with Crippen LogP contribution < -0.4 is 0 Å². The van der Waals surface area contributed by atoms with Gasteiger partial charge in [-0.3, -0.25) is 28.8 Å². The summed E-state index contributed by atoms with van der Waals surface area (Å²) in [6.07, 6.45) is 3.62. The van der Waals surface area contributed by atoms with E-state index in [1.807, 2.05) is 76.0 Å². The molecule has 0 radical (unpaired) electrons. The number of amides is 3. The first-order valence-electron chi connectivity index (χ1n) is 23.2. The molecule has 1 aromatic carbocycles. The van der Waals surface area contributed by atoms with Crippen molar-refractivity contribution < 1.29 is 48.1 Å². The number of Topliss-reactive ketones (excluding diaryl/α,β-unsaturated/α-hetero) is 2. The Labute approximate surface area is 381 Å². The monoisotopic (exact) mass is 904 g/mol. The van der Waals surface area contributed by atoms with Crippen LogP contribution in [0.25, 0.3) is 0 Å². The van der Waals surface area contributed by atoms with Crippen LogP contribution in [0.5, 0.6) is 0 Å². The minimum atomic E-state index is -2.17. The molecule has 63 heavy (non-hydrogen) atoms. The summed E-state index contributed by atoms with van der Waals surface area (Å²) in [5.74, 6) is -2.29. The highest BCUT2D eigenvalue weighted by Gasteiger charge is 2.41. The number of methoxy groups -OCH3 is 2. The number of likely N-dealkylation sites (tertiary alicyclic amines) is 1. The Bertz CT molecular complexity index is 1580. The third-order valence-corrected chi connectivity index (χ3v) is 14.7. The lowest BCUT2D eigenvalue weighted by atomic mass is 9.85. The molecule has 1 aromatic rings. The Kier molecular flexibility index (Phi) is 25.4. The lowest BCUT2D eigenvalue weighted by Crippen LogP contribution is -2.49. The summed E-state index contributed by atoms with van der Waals surface area (Å²) >= 11 is 0. The van der Waals surface area contributed by atoms with Crippen molar-refractivity contribution in [2.75, 3.05) is 41.9 Å². The van der Waals surface area contributed by atoms with Gasteiger partial charge in [0.1, 0.15) is 5.78 Å². The van der Waals surface area contributed by atoms with Crippen molar-refractivity contribution in [3.8, 4) is 0 Å². The number of rotatable bonds is 26. The highest BCUT2D eigenvalue weighted by molar-refractivity contribution is 6.69. The predicted molar refractivity (Wildman–Crippen MR) is 251 cm³/mol. The molecule has 1 heterocycles. The maximum absolute atomic E-state index is 13.4. The van der Waals surface area contributed by atoms with Crippen LogP contribution in [0.15, 0.2) is 30.3 Å². The summed E-state index contributed by atoms with van der Waals surface area (Å²) in [5, 5.41) is 9.75. The van der Waals surface area contributed by atoms with Gasteiger partial charge >= 0.3 is 5.97 Å². The van der Waals surface area contributed by atoms with Crippen LogP contribution in [0.2, 0.25) is 19.1 Å². The number of carbonyl (C=O) groups is 6. The van der Waals surface area contributed by atoms with Gasteiger partial charge in [0.25, 0.3) is 0 Å². The van der Waals surface area contributed by atoms with Crippen molar-refractivity contribution in [2.45, 2.75) is 157 Å². The van der Waals surface area contributed by atoms with Gasteiger partial charge in [0.15, 0.2) is 14.1 Å². The predicted octanol–water partition coefficient (Wildman–Crippen LogP) is 7.39. The number of hydrogen-bond acceptors (Lipinski definition) is 9. The zero-order chi connectivity index (χ0) is 48.4. The summed E-state index contributed by atoms with van der Waals surface area (Å²) in [7, 11) is 6.12. The lowest BCUT2D eigenvalue weighted by molar-refractivity contribution is -0.146. The molecule has 13 nitrogen and oxygen atoms in total. The maximum Gasteiger partial charge on any atom is 0.307 e. The van der Waals surface area contributed by atoms with Crippen molar-refractivity contribution in [2.24, 2.45) is 41.4 Å². The second-order valence-corrected chi connectivity index (χ2v) is 23.6. The summed E-state index contributed by atoms with van der Waals surface area (Å²) in [5.41, 5.74) is 0.889. The molecule has 2 N–H and O–H groups in total. The second-order valence-electron chi connectivity index (χ2n) is 19.5. The van der Waals surface area contributed by atoms with Crippen LogP contribution in [-0.4, -0.2) is 134 Å². The number of carboxylic acids is 1. The Morgan fingerprint density at radius 2 is 1.46 bits per heavy atom. The molecular formula is C49H85N3O10Si. The van der Waals surface area contributed by atoms with Crippen molar-refractivity contribution in [1.29, 1.82) is 0 Å². The largest absolute Gasteiger partial charge is 0.481 e. The fraction of sp³-hybridized carbons (Fsp3) is 0.755. The van der Waals surface area contributed by atoms with E-state index in [1.165, 1.54) is 9.80 Å². The maximum atomic E-state index is 13.4. The average molecular weight is 904 g/mol. The molecule has 1 saturated heterocycles. The molecule has 1 aliphatic heterocycles. The lowest BCUT2D eigenvalue weighted by Gasteiger charge is -2.35. The molecule has 2 rings (SSSR count). The van der Waals surface area contributed by atoms with Gasteiger partial charge < -0.3 is 34.1 Å². The third-order valence-electron chi connectivity index (χ3n) is 13.1. The Hall–Kier alpha value is -3.46. The molecule has 0 unspecified atom stereocenters. The molecular weight excluding hydrogens is 819 g/mol. The van der Waals surface area contributed by atoms with Gasteiger partial charge in [0, 0.05) is 73.0 Å². The van der Waals surface area contributed by atoms with Gasteiger partial charge in [-0.05, 0) is 74.1 Å². The van der Waals surface area contributed by atoms with Crippen LogP contribution in [-0.2, 0) is 44.7 Å². The summed E-state index contributed by atoms with van der Waals surface area (Å²) < 4.78 is 11.5. The number of aliphatic carboxylic acids is 1. The van der Waals surface area contributed by atoms with E-state index in [0.29, 0.717) is 44.2 Å². The zero-order valence-corrected chi connectivity index (χ0v) is 42.5. The van der Waals surface area contributed by atoms with Crippen molar-refractivity contribution in [1.82, 2.24) is 14.7 Å².